The van der Waals surface area contributed by atoms with Crippen LogP contribution in [0, 0.1) is 12.7 Å². The summed E-state index contributed by atoms with van der Waals surface area (Å²) in [6, 6.07) is 12.6. The molecule has 0 unspecified atom stereocenters. The highest BCUT2D eigenvalue weighted by atomic mass is 32.2. The van der Waals surface area contributed by atoms with Gasteiger partial charge in [0.1, 0.15) is 11.9 Å². The van der Waals surface area contributed by atoms with Gasteiger partial charge in [0.2, 0.25) is 15.9 Å². The van der Waals surface area contributed by atoms with E-state index in [4.69, 9.17) is 0 Å². The molecule has 2 aromatic rings. The molecule has 5 nitrogen and oxygen atoms in total. The monoisotopic (exact) mass is 424 g/mol. The predicted octanol–water partition coefficient (Wildman–Crippen LogP) is 3.59. The zero-order valence-corrected chi connectivity index (χ0v) is 17.8. The first-order valence-corrected chi connectivity index (χ1v) is 11.8. The van der Waals surface area contributed by atoms with Crippen molar-refractivity contribution in [3.63, 3.8) is 0 Å². The van der Waals surface area contributed by atoms with E-state index in [0.717, 1.165) is 15.5 Å². The van der Waals surface area contributed by atoms with Crippen molar-refractivity contribution >= 4 is 33.4 Å². The molecule has 2 rings (SSSR count). The predicted molar refractivity (Wildman–Crippen MR) is 113 cm³/mol. The average molecular weight is 425 g/mol. The first-order valence-electron chi connectivity index (χ1n) is 8.95. The molecule has 0 spiro atoms. The van der Waals surface area contributed by atoms with Gasteiger partial charge in [-0.05, 0) is 37.6 Å². The largest absolute Gasteiger partial charge is 0.353 e. The van der Waals surface area contributed by atoms with E-state index in [1.165, 1.54) is 23.8 Å². The van der Waals surface area contributed by atoms with Crippen LogP contribution >= 0.6 is 11.8 Å². The zero-order valence-electron chi connectivity index (χ0n) is 16.2. The Morgan fingerprint density at radius 1 is 1.18 bits per heavy atom. The highest BCUT2D eigenvalue weighted by molar-refractivity contribution is 7.99. The molecule has 0 radical (unpaired) electrons. The molecule has 0 aromatic heterocycles. The fourth-order valence-electron chi connectivity index (χ4n) is 2.76. The van der Waals surface area contributed by atoms with Crippen LogP contribution in [0.3, 0.4) is 0 Å². The number of rotatable bonds is 9. The molecule has 152 valence electrons. The van der Waals surface area contributed by atoms with Crippen molar-refractivity contribution in [3.8, 4) is 0 Å². The third-order valence-electron chi connectivity index (χ3n) is 4.11. The van der Waals surface area contributed by atoms with E-state index >= 15 is 0 Å². The number of carbonyl (C=O) groups excluding carboxylic acids is 1. The molecular weight excluding hydrogens is 399 g/mol. The van der Waals surface area contributed by atoms with Crippen molar-refractivity contribution in [2.24, 2.45) is 0 Å². The first kappa shape index (κ1) is 22.2. The van der Waals surface area contributed by atoms with Crippen molar-refractivity contribution in [2.45, 2.75) is 31.2 Å². The molecule has 0 bridgehead atoms. The van der Waals surface area contributed by atoms with Gasteiger partial charge in [0, 0.05) is 17.2 Å². The summed E-state index contributed by atoms with van der Waals surface area (Å²) in [4.78, 5) is 13.7. The van der Waals surface area contributed by atoms with Crippen LogP contribution in [0.4, 0.5) is 10.1 Å². The van der Waals surface area contributed by atoms with Gasteiger partial charge in [0.25, 0.3) is 0 Å². The number of hydrogen-bond donors (Lipinski definition) is 1. The van der Waals surface area contributed by atoms with E-state index in [1.807, 2.05) is 31.2 Å². The lowest BCUT2D eigenvalue weighted by molar-refractivity contribution is -0.122. The molecule has 1 N–H and O–H groups in total. The molecule has 0 fully saturated rings. The molecule has 2 aromatic carbocycles. The van der Waals surface area contributed by atoms with Crippen LogP contribution in [0.15, 0.2) is 53.4 Å². The van der Waals surface area contributed by atoms with Crippen LogP contribution < -0.4 is 9.62 Å². The van der Waals surface area contributed by atoms with Crippen LogP contribution in [-0.2, 0) is 14.8 Å². The van der Waals surface area contributed by atoms with Crippen LogP contribution in [0.25, 0.3) is 0 Å². The third-order valence-corrected chi connectivity index (χ3v) is 6.29. The Labute approximate surface area is 170 Å². The van der Waals surface area contributed by atoms with Gasteiger partial charge in [-0.25, -0.2) is 12.8 Å². The summed E-state index contributed by atoms with van der Waals surface area (Å²) in [7, 11) is -3.85. The van der Waals surface area contributed by atoms with Crippen LogP contribution in [0.5, 0.6) is 0 Å². The average Bonchev–Trinajstić information content (AvgIpc) is 2.64. The smallest absolute Gasteiger partial charge is 0.243 e. The van der Waals surface area contributed by atoms with Gasteiger partial charge in [-0.2, -0.15) is 0 Å². The number of sulfonamides is 1. The summed E-state index contributed by atoms with van der Waals surface area (Å²) in [5.74, 6) is -0.487. The summed E-state index contributed by atoms with van der Waals surface area (Å²) in [5, 5.41) is 2.77. The lowest BCUT2D eigenvalue weighted by atomic mass is 10.2. The van der Waals surface area contributed by atoms with Crippen molar-refractivity contribution in [2.75, 3.05) is 22.9 Å². The van der Waals surface area contributed by atoms with Gasteiger partial charge in [-0.15, -0.1) is 11.8 Å². The van der Waals surface area contributed by atoms with Gasteiger partial charge < -0.3 is 5.32 Å². The lowest BCUT2D eigenvalue weighted by Gasteiger charge is -2.30. The van der Waals surface area contributed by atoms with Crippen LogP contribution in [-0.4, -0.2) is 38.9 Å². The van der Waals surface area contributed by atoms with Crippen molar-refractivity contribution in [1.29, 1.82) is 0 Å². The molecule has 0 heterocycles. The van der Waals surface area contributed by atoms with E-state index < -0.39 is 27.8 Å². The molecule has 0 aliphatic rings. The van der Waals surface area contributed by atoms with Gasteiger partial charge in [0.05, 0.1) is 11.9 Å². The third kappa shape index (κ3) is 5.97. The molecule has 1 atom stereocenters. The topological polar surface area (TPSA) is 66.5 Å². The minimum atomic E-state index is -3.85. The fraction of sp³-hybridized carbons (Fsp3) is 0.350. The Bertz CT molecular complexity index is 902. The van der Waals surface area contributed by atoms with E-state index in [-0.39, 0.29) is 12.1 Å². The number of halogens is 1. The van der Waals surface area contributed by atoms with Gasteiger partial charge in [-0.3, -0.25) is 9.10 Å². The van der Waals surface area contributed by atoms with E-state index in [2.05, 4.69) is 5.32 Å². The molecule has 0 aliphatic heterocycles. The Morgan fingerprint density at radius 3 is 2.39 bits per heavy atom. The number of thioether (sulfide) groups is 1. The van der Waals surface area contributed by atoms with Crippen molar-refractivity contribution in [1.82, 2.24) is 5.32 Å². The summed E-state index contributed by atoms with van der Waals surface area (Å²) in [6.07, 6.45) is 1.20. The maximum atomic E-state index is 14.2. The quantitative estimate of drug-likeness (QED) is 0.494. The minimum absolute atomic E-state index is 0.124. The number of carbonyl (C=O) groups is 1. The number of benzene rings is 2. The molecule has 0 saturated heterocycles. The first-order chi connectivity index (χ1) is 13.2. The Morgan fingerprint density at radius 2 is 1.82 bits per heavy atom. The number of para-hydroxylation sites is 1. The minimum Gasteiger partial charge on any atom is -0.353 e. The van der Waals surface area contributed by atoms with Crippen LogP contribution in [0.1, 0.15) is 18.9 Å². The Kier molecular flexibility index (Phi) is 7.88. The van der Waals surface area contributed by atoms with E-state index in [9.17, 15) is 17.6 Å². The second-order valence-corrected chi connectivity index (χ2v) is 9.41. The molecule has 8 heteroatoms. The number of nitrogens with zero attached hydrogens (tertiary/aromatic N) is 1. The number of anilines is 1. The summed E-state index contributed by atoms with van der Waals surface area (Å²) >= 11 is 1.60. The highest BCUT2D eigenvalue weighted by Crippen LogP contribution is 2.25. The number of nitrogens with one attached hydrogen (secondary N) is 1. The summed E-state index contributed by atoms with van der Waals surface area (Å²) < 4.78 is 39.7. The van der Waals surface area contributed by atoms with Gasteiger partial charge in [-0.1, -0.05) is 36.8 Å². The lowest BCUT2D eigenvalue weighted by Crippen LogP contribution is -2.50. The second kappa shape index (κ2) is 9.93. The van der Waals surface area contributed by atoms with Gasteiger partial charge >= 0.3 is 0 Å². The molecule has 1 amide bonds. The number of amides is 1. The SMILES string of the molecule is CC[C@H](C(=O)NCCSc1ccc(C)cc1)N(c1ccccc1F)S(C)(=O)=O. The fourth-order valence-corrected chi connectivity index (χ4v) is 4.74. The highest BCUT2D eigenvalue weighted by Gasteiger charge is 2.32. The van der Waals surface area contributed by atoms with Crippen LogP contribution in [0.2, 0.25) is 0 Å². The van der Waals surface area contributed by atoms with Crippen molar-refractivity contribution in [3.05, 3.63) is 59.9 Å². The molecular formula is C20H25FN2O3S2. The molecule has 28 heavy (non-hydrogen) atoms. The molecule has 0 saturated carbocycles. The Balaban J connectivity index is 2.05. The Hall–Kier alpha value is -2.06. The number of aryl methyl sites for hydroxylation is 1. The molecule has 0 aliphatic carbocycles. The van der Waals surface area contributed by atoms with E-state index in [1.54, 1.807) is 24.8 Å². The maximum absolute atomic E-state index is 14.2. The number of hydrogen-bond acceptors (Lipinski definition) is 4. The van der Waals surface area contributed by atoms with E-state index in [0.29, 0.717) is 12.3 Å². The normalized spacial score (nSPS) is 12.4. The maximum Gasteiger partial charge on any atom is 0.243 e. The van der Waals surface area contributed by atoms with Gasteiger partial charge in [0.15, 0.2) is 0 Å². The second-order valence-electron chi connectivity index (χ2n) is 6.39. The standard InChI is InChI=1S/C20H25FN2O3S2/c1-4-18(23(28(3,25)26)19-8-6-5-7-17(19)21)20(24)22-13-14-27-16-11-9-15(2)10-12-16/h5-12,18H,4,13-14H2,1-3H3,(H,22,24)/t18-/m1/s1. The zero-order chi connectivity index (χ0) is 20.7. The summed E-state index contributed by atoms with van der Waals surface area (Å²) in [6.45, 7) is 4.09. The van der Waals surface area contributed by atoms with Crippen molar-refractivity contribution < 1.29 is 17.6 Å². The summed E-state index contributed by atoms with van der Waals surface area (Å²) in [5.41, 5.74) is 1.05.